The summed E-state index contributed by atoms with van der Waals surface area (Å²) < 4.78 is 1.76. The molecule has 1 aromatic rings. The van der Waals surface area contributed by atoms with Gasteiger partial charge in [-0.3, -0.25) is 4.57 Å². The molecule has 0 saturated heterocycles. The number of carbonyl (C=O) groups is 1. The molecule has 0 spiro atoms. The number of carboxylic acids is 1. The summed E-state index contributed by atoms with van der Waals surface area (Å²) in [6, 6.07) is 0. The summed E-state index contributed by atoms with van der Waals surface area (Å²) in [6.45, 7) is 5.19. The van der Waals surface area contributed by atoms with Gasteiger partial charge in [-0.15, -0.1) is 10.2 Å². The molecular formula is C12H19N3O2. The van der Waals surface area contributed by atoms with E-state index in [0.717, 1.165) is 12.2 Å². The van der Waals surface area contributed by atoms with E-state index in [1.54, 1.807) is 18.4 Å². The molecule has 1 aliphatic rings. The van der Waals surface area contributed by atoms with E-state index in [-0.39, 0.29) is 0 Å². The van der Waals surface area contributed by atoms with E-state index in [1.165, 1.54) is 19.3 Å². The topological polar surface area (TPSA) is 68.0 Å². The van der Waals surface area contributed by atoms with Gasteiger partial charge in [0.05, 0.1) is 0 Å². The summed E-state index contributed by atoms with van der Waals surface area (Å²) in [5.41, 5.74) is -0.980. The molecule has 1 aliphatic carbocycles. The zero-order chi connectivity index (χ0) is 12.6. The van der Waals surface area contributed by atoms with E-state index >= 15 is 0 Å². The molecule has 1 saturated carbocycles. The molecule has 1 aromatic heterocycles. The van der Waals surface area contributed by atoms with E-state index in [4.69, 9.17) is 0 Å². The minimum absolute atomic E-state index is 0.655. The number of aryl methyl sites for hydroxylation is 1. The summed E-state index contributed by atoms with van der Waals surface area (Å²) in [6.07, 6.45) is 4.57. The Labute approximate surface area is 101 Å². The van der Waals surface area contributed by atoms with Crippen molar-refractivity contribution in [1.82, 2.24) is 14.8 Å². The predicted molar refractivity (Wildman–Crippen MR) is 62.8 cm³/mol. The van der Waals surface area contributed by atoms with Crippen LogP contribution in [0, 0.1) is 12.8 Å². The summed E-state index contributed by atoms with van der Waals surface area (Å²) >= 11 is 0. The van der Waals surface area contributed by atoms with Crippen LogP contribution >= 0.6 is 0 Å². The third-order valence-electron chi connectivity index (χ3n) is 3.67. The van der Waals surface area contributed by atoms with Crippen molar-refractivity contribution in [1.29, 1.82) is 0 Å². The number of rotatable bonds is 4. The molecule has 1 heterocycles. The number of hydrogen-bond acceptors (Lipinski definition) is 3. The molecule has 0 unspecified atom stereocenters. The van der Waals surface area contributed by atoms with Crippen LogP contribution in [-0.4, -0.2) is 25.8 Å². The van der Waals surface area contributed by atoms with Gasteiger partial charge in [-0.2, -0.15) is 0 Å². The maximum atomic E-state index is 11.3. The van der Waals surface area contributed by atoms with Crippen LogP contribution in [0.2, 0.25) is 0 Å². The zero-order valence-corrected chi connectivity index (χ0v) is 10.6. The maximum Gasteiger partial charge on any atom is 0.329 e. The van der Waals surface area contributed by atoms with Crippen LogP contribution < -0.4 is 0 Å². The van der Waals surface area contributed by atoms with Crippen LogP contribution in [0.1, 0.15) is 44.8 Å². The van der Waals surface area contributed by atoms with E-state index < -0.39 is 11.5 Å². The normalized spacial score (nSPS) is 16.9. The first kappa shape index (κ1) is 12.1. The molecular weight excluding hydrogens is 218 g/mol. The largest absolute Gasteiger partial charge is 0.480 e. The third-order valence-corrected chi connectivity index (χ3v) is 3.67. The van der Waals surface area contributed by atoms with Crippen LogP contribution in [0.15, 0.2) is 0 Å². The third kappa shape index (κ3) is 2.06. The van der Waals surface area contributed by atoms with Crippen LogP contribution in [-0.2, 0) is 16.8 Å². The fourth-order valence-corrected chi connectivity index (χ4v) is 2.32. The Morgan fingerprint density at radius 1 is 1.47 bits per heavy atom. The van der Waals surface area contributed by atoms with E-state index in [1.807, 2.05) is 6.92 Å². The smallest absolute Gasteiger partial charge is 0.329 e. The molecule has 17 heavy (non-hydrogen) atoms. The summed E-state index contributed by atoms with van der Waals surface area (Å²) in [5.74, 6) is 1.28. The van der Waals surface area contributed by atoms with Gasteiger partial charge in [-0.25, -0.2) is 4.79 Å². The second kappa shape index (κ2) is 4.13. The zero-order valence-electron chi connectivity index (χ0n) is 10.6. The average molecular weight is 237 g/mol. The highest BCUT2D eigenvalue weighted by Crippen LogP contribution is 2.30. The SMILES string of the molecule is Cc1nnc(CC2CCC2)n1C(C)(C)C(=O)O. The van der Waals surface area contributed by atoms with Gasteiger partial charge in [0.2, 0.25) is 0 Å². The first-order chi connectivity index (χ1) is 7.93. The highest BCUT2D eigenvalue weighted by molar-refractivity contribution is 5.75. The number of aliphatic carboxylic acids is 1. The molecule has 1 N–H and O–H groups in total. The van der Waals surface area contributed by atoms with Crippen molar-refractivity contribution < 1.29 is 9.90 Å². The Balaban J connectivity index is 2.31. The standard InChI is InChI=1S/C12H19N3O2/c1-8-13-14-10(7-9-5-4-6-9)15(8)12(2,3)11(16)17/h9H,4-7H2,1-3H3,(H,16,17). The fourth-order valence-electron chi connectivity index (χ4n) is 2.32. The van der Waals surface area contributed by atoms with Gasteiger partial charge < -0.3 is 5.11 Å². The van der Waals surface area contributed by atoms with Crippen molar-refractivity contribution in [3.8, 4) is 0 Å². The Morgan fingerprint density at radius 3 is 2.59 bits per heavy atom. The highest BCUT2D eigenvalue weighted by atomic mass is 16.4. The van der Waals surface area contributed by atoms with Gasteiger partial charge in [0.25, 0.3) is 0 Å². The second-order valence-electron chi connectivity index (χ2n) is 5.36. The summed E-state index contributed by atoms with van der Waals surface area (Å²) in [4.78, 5) is 11.3. The molecule has 0 amide bonds. The highest BCUT2D eigenvalue weighted by Gasteiger charge is 2.34. The number of aromatic nitrogens is 3. The van der Waals surface area contributed by atoms with Crippen molar-refractivity contribution >= 4 is 5.97 Å². The monoisotopic (exact) mass is 237 g/mol. The van der Waals surface area contributed by atoms with Crippen molar-refractivity contribution in [2.45, 2.75) is 52.0 Å². The first-order valence-electron chi connectivity index (χ1n) is 6.07. The second-order valence-corrected chi connectivity index (χ2v) is 5.36. The molecule has 0 bridgehead atoms. The van der Waals surface area contributed by atoms with Gasteiger partial charge in [-0.05, 0) is 26.7 Å². The molecule has 1 fully saturated rings. The van der Waals surface area contributed by atoms with Crippen LogP contribution in [0.5, 0.6) is 0 Å². The number of carboxylic acid groups (broad SMARTS) is 1. The van der Waals surface area contributed by atoms with Gasteiger partial charge in [-0.1, -0.05) is 19.3 Å². The molecule has 94 valence electrons. The van der Waals surface area contributed by atoms with Gasteiger partial charge in [0, 0.05) is 6.42 Å². The number of nitrogens with zero attached hydrogens (tertiary/aromatic N) is 3. The lowest BCUT2D eigenvalue weighted by Gasteiger charge is -2.28. The van der Waals surface area contributed by atoms with Crippen LogP contribution in [0.3, 0.4) is 0 Å². The molecule has 0 aliphatic heterocycles. The van der Waals surface area contributed by atoms with Gasteiger partial charge in [0.1, 0.15) is 17.2 Å². The van der Waals surface area contributed by atoms with E-state index in [0.29, 0.717) is 11.7 Å². The van der Waals surface area contributed by atoms with Crippen molar-refractivity contribution in [3.05, 3.63) is 11.6 Å². The molecule has 0 radical (unpaired) electrons. The lowest BCUT2D eigenvalue weighted by molar-refractivity contribution is -0.145. The van der Waals surface area contributed by atoms with Crippen LogP contribution in [0.25, 0.3) is 0 Å². The maximum absolute atomic E-state index is 11.3. The Bertz CT molecular complexity index is 433. The summed E-state index contributed by atoms with van der Waals surface area (Å²) in [7, 11) is 0. The minimum atomic E-state index is -0.980. The van der Waals surface area contributed by atoms with Crippen molar-refractivity contribution in [3.63, 3.8) is 0 Å². The molecule has 0 atom stereocenters. The van der Waals surface area contributed by atoms with E-state index in [2.05, 4.69) is 10.2 Å². The fraction of sp³-hybridized carbons (Fsp3) is 0.750. The number of hydrogen-bond donors (Lipinski definition) is 1. The molecule has 5 nitrogen and oxygen atoms in total. The van der Waals surface area contributed by atoms with E-state index in [9.17, 15) is 9.90 Å². The Hall–Kier alpha value is -1.39. The quantitative estimate of drug-likeness (QED) is 0.866. The van der Waals surface area contributed by atoms with Gasteiger partial charge in [0.15, 0.2) is 0 Å². The van der Waals surface area contributed by atoms with Crippen molar-refractivity contribution in [2.75, 3.05) is 0 Å². The van der Waals surface area contributed by atoms with Gasteiger partial charge >= 0.3 is 5.97 Å². The van der Waals surface area contributed by atoms with Crippen molar-refractivity contribution in [2.24, 2.45) is 5.92 Å². The lowest BCUT2D eigenvalue weighted by atomic mass is 9.82. The average Bonchev–Trinajstić information content (AvgIpc) is 2.53. The first-order valence-corrected chi connectivity index (χ1v) is 6.07. The van der Waals surface area contributed by atoms with Crippen LogP contribution in [0.4, 0.5) is 0 Å². The minimum Gasteiger partial charge on any atom is -0.480 e. The summed E-state index contributed by atoms with van der Waals surface area (Å²) in [5, 5.41) is 17.5. The Morgan fingerprint density at radius 2 is 2.12 bits per heavy atom. The molecule has 0 aromatic carbocycles. The lowest BCUT2D eigenvalue weighted by Crippen LogP contribution is -2.38. The molecule has 2 rings (SSSR count). The predicted octanol–water partition coefficient (Wildman–Crippen LogP) is 1.75. The molecule has 5 heteroatoms. The Kier molecular flexibility index (Phi) is 2.93.